The molecule has 3 heterocycles. The number of carbonyl (C=O) groups excluding carboxylic acids is 3. The average Bonchev–Trinajstić information content (AvgIpc) is 3.59. The molecule has 2 aromatic carbocycles. The SMILES string of the molecule is CCC1CCC(=O)c2cc(Cl)ccc2N=C1CCC(C(=O)N1CC[C@H](C(=O)N(C)C(C)C)C1)c1ccc(OCCN2CCCCCCC2)cc1. The Morgan fingerprint density at radius 3 is 2.42 bits per heavy atom. The monoisotopic (exact) mass is 704 g/mol. The molecule has 50 heavy (non-hydrogen) atoms. The zero-order valence-corrected chi connectivity index (χ0v) is 31.4. The molecule has 8 nitrogen and oxygen atoms in total. The summed E-state index contributed by atoms with van der Waals surface area (Å²) in [5.41, 5.74) is 3.20. The Bertz CT molecular complexity index is 1480. The number of ketones is 1. The molecule has 9 heteroatoms. The highest BCUT2D eigenvalue weighted by molar-refractivity contribution is 6.31. The zero-order valence-electron chi connectivity index (χ0n) is 30.7. The van der Waals surface area contributed by atoms with Crippen LogP contribution in [-0.4, -0.2) is 90.4 Å². The van der Waals surface area contributed by atoms with Gasteiger partial charge < -0.3 is 14.5 Å². The van der Waals surface area contributed by atoms with Crippen molar-refractivity contribution in [3.8, 4) is 5.75 Å². The third-order valence-electron chi connectivity index (χ3n) is 11.1. The number of nitrogens with zero attached hydrogens (tertiary/aromatic N) is 4. The van der Waals surface area contributed by atoms with Gasteiger partial charge in [0, 0.05) is 55.4 Å². The van der Waals surface area contributed by atoms with Crippen LogP contribution in [0.5, 0.6) is 5.75 Å². The van der Waals surface area contributed by atoms with Gasteiger partial charge in [-0.25, -0.2) is 0 Å². The average molecular weight is 705 g/mol. The quantitative estimate of drug-likeness (QED) is 0.222. The van der Waals surface area contributed by atoms with Crippen molar-refractivity contribution in [3.05, 3.63) is 58.6 Å². The summed E-state index contributed by atoms with van der Waals surface area (Å²) in [7, 11) is 1.85. The number of halogens is 1. The minimum absolute atomic E-state index is 0.0557. The normalized spacial score (nSPS) is 21.0. The molecule has 0 aromatic heterocycles. The van der Waals surface area contributed by atoms with Crippen molar-refractivity contribution in [1.82, 2.24) is 14.7 Å². The summed E-state index contributed by atoms with van der Waals surface area (Å²) in [6.07, 6.45) is 10.4. The summed E-state index contributed by atoms with van der Waals surface area (Å²) in [5.74, 6) is 0.624. The van der Waals surface area contributed by atoms with Crippen LogP contribution >= 0.6 is 11.6 Å². The Balaban J connectivity index is 1.33. The van der Waals surface area contributed by atoms with Gasteiger partial charge in [0.25, 0.3) is 0 Å². The Labute approximate surface area is 304 Å². The van der Waals surface area contributed by atoms with E-state index in [9.17, 15) is 14.4 Å². The lowest BCUT2D eigenvalue weighted by Gasteiger charge is -2.27. The highest BCUT2D eigenvalue weighted by Gasteiger charge is 2.36. The van der Waals surface area contributed by atoms with Crippen molar-refractivity contribution >= 4 is 40.6 Å². The summed E-state index contributed by atoms with van der Waals surface area (Å²) in [5, 5.41) is 0.527. The van der Waals surface area contributed by atoms with Gasteiger partial charge in [0.05, 0.1) is 17.5 Å². The summed E-state index contributed by atoms with van der Waals surface area (Å²) in [4.78, 5) is 51.8. The topological polar surface area (TPSA) is 82.5 Å². The molecule has 2 fully saturated rings. The number of fused-ring (bicyclic) bond motifs is 1. The van der Waals surface area contributed by atoms with E-state index >= 15 is 0 Å². The molecule has 5 rings (SSSR count). The van der Waals surface area contributed by atoms with E-state index in [4.69, 9.17) is 21.3 Å². The molecule has 0 spiro atoms. The van der Waals surface area contributed by atoms with Gasteiger partial charge >= 0.3 is 0 Å². The van der Waals surface area contributed by atoms with Crippen LogP contribution in [0.4, 0.5) is 5.69 Å². The van der Waals surface area contributed by atoms with Crippen molar-refractivity contribution in [2.45, 2.75) is 103 Å². The van der Waals surface area contributed by atoms with Gasteiger partial charge in [0.1, 0.15) is 12.4 Å². The van der Waals surface area contributed by atoms with Gasteiger partial charge in [-0.2, -0.15) is 0 Å². The predicted octanol–water partition coefficient (Wildman–Crippen LogP) is 8.34. The number of rotatable bonds is 12. The Hall–Kier alpha value is -3.23. The van der Waals surface area contributed by atoms with Crippen LogP contribution in [0.3, 0.4) is 0 Å². The largest absolute Gasteiger partial charge is 0.492 e. The minimum atomic E-state index is -0.390. The minimum Gasteiger partial charge on any atom is -0.492 e. The van der Waals surface area contributed by atoms with E-state index in [1.807, 2.05) is 56.1 Å². The number of hydrogen-bond donors (Lipinski definition) is 0. The van der Waals surface area contributed by atoms with Crippen molar-refractivity contribution in [1.29, 1.82) is 0 Å². The Morgan fingerprint density at radius 1 is 1.00 bits per heavy atom. The molecular weight excluding hydrogens is 648 g/mol. The van der Waals surface area contributed by atoms with E-state index in [1.54, 1.807) is 17.0 Å². The number of benzene rings is 2. The van der Waals surface area contributed by atoms with Crippen LogP contribution in [0.1, 0.15) is 113 Å². The van der Waals surface area contributed by atoms with E-state index in [0.717, 1.165) is 49.5 Å². The van der Waals surface area contributed by atoms with Crippen LogP contribution in [-0.2, 0) is 9.59 Å². The van der Waals surface area contributed by atoms with E-state index in [0.29, 0.717) is 61.7 Å². The Morgan fingerprint density at radius 2 is 1.72 bits per heavy atom. The van der Waals surface area contributed by atoms with Crippen molar-refractivity contribution in [3.63, 3.8) is 0 Å². The summed E-state index contributed by atoms with van der Waals surface area (Å²) < 4.78 is 6.18. The first-order valence-electron chi connectivity index (χ1n) is 19.0. The summed E-state index contributed by atoms with van der Waals surface area (Å²) in [6, 6.07) is 13.5. The Kier molecular flexibility index (Phi) is 13.9. The molecule has 3 atom stereocenters. The van der Waals surface area contributed by atoms with Crippen LogP contribution in [0.15, 0.2) is 47.5 Å². The van der Waals surface area contributed by atoms with Crippen LogP contribution in [0.25, 0.3) is 0 Å². The molecule has 0 N–H and O–H groups in total. The molecule has 0 bridgehead atoms. The number of likely N-dealkylation sites (tertiary alicyclic amines) is 2. The van der Waals surface area contributed by atoms with Crippen molar-refractivity contribution in [2.24, 2.45) is 16.8 Å². The standard InChI is InChI=1S/C41H57ClN4O4/c1-5-30-13-20-39(47)36-27-33(42)14-18-38(36)43-37(30)19-17-35(41(49)46-24-21-32(28-46)40(48)44(4)29(2)3)31-11-15-34(16-12-31)50-26-25-45-22-9-7-6-8-10-23-45/h11-12,14-16,18,27,29-30,32,35H,5-10,13,17,19-26,28H2,1-4H3/t30?,32-,35?/m0/s1. The number of ether oxygens (including phenoxy) is 1. The van der Waals surface area contributed by atoms with Crippen LogP contribution in [0.2, 0.25) is 5.02 Å². The second-order valence-corrected chi connectivity index (χ2v) is 15.2. The zero-order chi connectivity index (χ0) is 35.6. The molecule has 2 saturated heterocycles. The lowest BCUT2D eigenvalue weighted by atomic mass is 9.85. The molecule has 3 aliphatic rings. The molecule has 0 aliphatic carbocycles. The number of carbonyl (C=O) groups is 3. The summed E-state index contributed by atoms with van der Waals surface area (Å²) in [6.45, 7) is 11.0. The fourth-order valence-electron chi connectivity index (χ4n) is 7.66. The smallest absolute Gasteiger partial charge is 0.230 e. The van der Waals surface area contributed by atoms with E-state index < -0.39 is 5.92 Å². The van der Waals surface area contributed by atoms with E-state index in [1.165, 1.54) is 32.1 Å². The number of amides is 2. The first kappa shape index (κ1) is 38.0. The molecule has 2 amide bonds. The van der Waals surface area contributed by atoms with Gasteiger partial charge in [-0.05, 0) is 114 Å². The predicted molar refractivity (Wildman–Crippen MR) is 202 cm³/mol. The number of aliphatic imine (C=N–C) groups is 1. The molecular formula is C41H57ClN4O4. The highest BCUT2D eigenvalue weighted by atomic mass is 35.5. The number of hydrogen-bond acceptors (Lipinski definition) is 6. The van der Waals surface area contributed by atoms with Gasteiger partial charge in [-0.15, -0.1) is 0 Å². The summed E-state index contributed by atoms with van der Waals surface area (Å²) >= 11 is 6.27. The second kappa shape index (κ2) is 18.3. The molecule has 2 unspecified atom stereocenters. The molecule has 272 valence electrons. The molecule has 2 aromatic rings. The second-order valence-electron chi connectivity index (χ2n) is 14.8. The third-order valence-corrected chi connectivity index (χ3v) is 11.3. The van der Waals surface area contributed by atoms with Crippen molar-refractivity contribution in [2.75, 3.05) is 46.4 Å². The first-order chi connectivity index (χ1) is 24.1. The number of Topliss-reactive ketones (excluding diaryl/α,β-unsaturated/α-hetero) is 1. The lowest BCUT2D eigenvalue weighted by molar-refractivity contribution is -0.136. The van der Waals surface area contributed by atoms with Gasteiger partial charge in [-0.3, -0.25) is 24.3 Å². The maximum atomic E-state index is 14.4. The third kappa shape index (κ3) is 9.97. The van der Waals surface area contributed by atoms with Gasteiger partial charge in [-0.1, -0.05) is 49.9 Å². The van der Waals surface area contributed by atoms with E-state index in [2.05, 4.69) is 11.8 Å². The fourth-order valence-corrected chi connectivity index (χ4v) is 7.83. The van der Waals surface area contributed by atoms with Crippen molar-refractivity contribution < 1.29 is 19.1 Å². The fraction of sp³-hybridized carbons (Fsp3) is 0.610. The first-order valence-corrected chi connectivity index (χ1v) is 19.4. The van der Waals surface area contributed by atoms with Gasteiger partial charge in [0.2, 0.25) is 11.8 Å². The van der Waals surface area contributed by atoms with Crippen LogP contribution < -0.4 is 4.74 Å². The maximum Gasteiger partial charge on any atom is 0.230 e. The maximum absolute atomic E-state index is 14.4. The molecule has 3 aliphatic heterocycles. The highest BCUT2D eigenvalue weighted by Crippen LogP contribution is 2.34. The lowest BCUT2D eigenvalue weighted by Crippen LogP contribution is -2.40. The molecule has 0 saturated carbocycles. The van der Waals surface area contributed by atoms with Crippen LogP contribution in [0, 0.1) is 11.8 Å². The van der Waals surface area contributed by atoms with E-state index in [-0.39, 0.29) is 35.5 Å². The molecule has 0 radical (unpaired) electrons. The van der Waals surface area contributed by atoms with Gasteiger partial charge in [0.15, 0.2) is 5.78 Å².